The normalized spacial score (nSPS) is 17.8. The van der Waals surface area contributed by atoms with Gasteiger partial charge < -0.3 is 0 Å². The third-order valence-corrected chi connectivity index (χ3v) is 3.93. The van der Waals surface area contributed by atoms with Crippen molar-refractivity contribution >= 4 is 5.57 Å². The lowest BCUT2D eigenvalue weighted by Crippen LogP contribution is -1.91. The van der Waals surface area contributed by atoms with E-state index in [9.17, 15) is 8.78 Å². The summed E-state index contributed by atoms with van der Waals surface area (Å²) in [5.74, 6) is -0.253. The zero-order chi connectivity index (χ0) is 13.6. The van der Waals surface area contributed by atoms with Crippen molar-refractivity contribution in [2.24, 2.45) is 0 Å². The van der Waals surface area contributed by atoms with Gasteiger partial charge in [-0.15, -0.1) is 0 Å². The second-order valence-electron chi connectivity index (χ2n) is 5.02. The molecular weight excluding hydrogens is 242 g/mol. The van der Waals surface area contributed by atoms with E-state index < -0.39 is 0 Å². The molecule has 96 valence electrons. The van der Waals surface area contributed by atoms with Crippen molar-refractivity contribution in [3.8, 4) is 0 Å². The van der Waals surface area contributed by atoms with Gasteiger partial charge in [-0.3, -0.25) is 0 Å². The molecule has 0 amide bonds. The third-order valence-electron chi connectivity index (χ3n) is 3.93. The highest BCUT2D eigenvalue weighted by atomic mass is 19.1. The Hall–Kier alpha value is -1.96. The first kappa shape index (κ1) is 12.1. The fraction of sp³-hybridized carbons (Fsp3) is 0.176. The van der Waals surface area contributed by atoms with Gasteiger partial charge in [0.1, 0.15) is 11.6 Å². The van der Waals surface area contributed by atoms with Crippen LogP contribution in [0.5, 0.6) is 0 Å². The van der Waals surface area contributed by atoms with Gasteiger partial charge in [-0.1, -0.05) is 30.7 Å². The molecule has 2 aromatic carbocycles. The molecule has 0 aromatic heterocycles. The largest absolute Gasteiger partial charge is 0.207 e. The van der Waals surface area contributed by atoms with E-state index in [0.29, 0.717) is 0 Å². The predicted molar refractivity (Wildman–Crippen MR) is 72.9 cm³/mol. The molecule has 0 fully saturated rings. The molecule has 2 heteroatoms. The zero-order valence-corrected chi connectivity index (χ0v) is 10.9. The Balaban J connectivity index is 2.19. The molecule has 0 nitrogen and oxygen atoms in total. The van der Waals surface area contributed by atoms with Gasteiger partial charge in [-0.2, -0.15) is 0 Å². The van der Waals surface area contributed by atoms with E-state index in [1.54, 1.807) is 18.2 Å². The second kappa shape index (κ2) is 4.30. The molecule has 1 unspecified atom stereocenters. The standard InChI is InChI=1S/C17H14F2/c1-10-11(2)17(12-3-5-13(18)6-4-12)15-8-7-14(19)9-16(10)15/h3-10H,1-2H3. The average molecular weight is 256 g/mol. The highest BCUT2D eigenvalue weighted by Gasteiger charge is 2.26. The van der Waals surface area contributed by atoms with Crippen molar-refractivity contribution < 1.29 is 8.78 Å². The van der Waals surface area contributed by atoms with Crippen LogP contribution in [0.4, 0.5) is 8.78 Å². The molecule has 3 rings (SSSR count). The van der Waals surface area contributed by atoms with E-state index in [-0.39, 0.29) is 17.6 Å². The van der Waals surface area contributed by atoms with Crippen molar-refractivity contribution in [2.75, 3.05) is 0 Å². The van der Waals surface area contributed by atoms with Gasteiger partial charge in [-0.05, 0) is 53.5 Å². The van der Waals surface area contributed by atoms with Gasteiger partial charge >= 0.3 is 0 Å². The molecule has 0 saturated heterocycles. The molecule has 0 bridgehead atoms. The molecule has 0 heterocycles. The SMILES string of the molecule is CC1=C(c2ccc(F)cc2)c2ccc(F)cc2C1C. The van der Waals surface area contributed by atoms with Crippen LogP contribution in [0.1, 0.15) is 36.5 Å². The van der Waals surface area contributed by atoms with Crippen molar-refractivity contribution in [3.05, 3.63) is 76.4 Å². The molecular formula is C17H14F2. The highest BCUT2D eigenvalue weighted by Crippen LogP contribution is 2.44. The summed E-state index contributed by atoms with van der Waals surface area (Å²) < 4.78 is 26.4. The summed E-state index contributed by atoms with van der Waals surface area (Å²) in [6.07, 6.45) is 0. The van der Waals surface area contributed by atoms with Crippen LogP contribution >= 0.6 is 0 Å². The van der Waals surface area contributed by atoms with Crippen LogP contribution in [-0.2, 0) is 0 Å². The van der Waals surface area contributed by atoms with Gasteiger partial charge in [0, 0.05) is 5.92 Å². The van der Waals surface area contributed by atoms with E-state index in [4.69, 9.17) is 0 Å². The Bertz CT molecular complexity index is 666. The first-order chi connectivity index (χ1) is 9.08. The topological polar surface area (TPSA) is 0 Å². The highest BCUT2D eigenvalue weighted by molar-refractivity contribution is 5.88. The number of allylic oxidation sites excluding steroid dienone is 1. The Morgan fingerprint density at radius 3 is 2.21 bits per heavy atom. The van der Waals surface area contributed by atoms with Crippen LogP contribution in [0.3, 0.4) is 0 Å². The predicted octanol–water partition coefficient (Wildman–Crippen LogP) is 4.90. The first-order valence-corrected chi connectivity index (χ1v) is 6.34. The van der Waals surface area contributed by atoms with E-state index >= 15 is 0 Å². The van der Waals surface area contributed by atoms with Gasteiger partial charge in [-0.25, -0.2) is 8.78 Å². The van der Waals surface area contributed by atoms with Crippen molar-refractivity contribution in [1.82, 2.24) is 0 Å². The summed E-state index contributed by atoms with van der Waals surface area (Å²) in [6.45, 7) is 4.13. The molecule has 0 aliphatic heterocycles. The van der Waals surface area contributed by atoms with E-state index in [2.05, 4.69) is 13.8 Å². The molecule has 0 spiro atoms. The van der Waals surface area contributed by atoms with E-state index in [1.807, 2.05) is 6.07 Å². The Kier molecular flexibility index (Phi) is 2.74. The summed E-state index contributed by atoms with van der Waals surface area (Å²) in [7, 11) is 0. The molecule has 0 N–H and O–H groups in total. The van der Waals surface area contributed by atoms with Gasteiger partial charge in [0.15, 0.2) is 0 Å². The minimum atomic E-state index is -0.243. The minimum absolute atomic E-state index is 0.200. The van der Waals surface area contributed by atoms with Crippen molar-refractivity contribution in [2.45, 2.75) is 19.8 Å². The lowest BCUT2D eigenvalue weighted by Gasteiger charge is -2.07. The number of hydrogen-bond donors (Lipinski definition) is 0. The van der Waals surface area contributed by atoms with Crippen molar-refractivity contribution in [3.63, 3.8) is 0 Å². The monoisotopic (exact) mass is 256 g/mol. The van der Waals surface area contributed by atoms with Gasteiger partial charge in [0.2, 0.25) is 0 Å². The fourth-order valence-electron chi connectivity index (χ4n) is 2.78. The summed E-state index contributed by atoms with van der Waals surface area (Å²) in [5.41, 5.74) is 5.35. The fourth-order valence-corrected chi connectivity index (χ4v) is 2.78. The summed E-state index contributed by atoms with van der Waals surface area (Å²) in [6, 6.07) is 11.4. The number of halogens is 2. The van der Waals surface area contributed by atoms with E-state index in [1.165, 1.54) is 23.8 Å². The zero-order valence-electron chi connectivity index (χ0n) is 10.9. The molecule has 19 heavy (non-hydrogen) atoms. The number of rotatable bonds is 1. The van der Waals surface area contributed by atoms with Crippen LogP contribution < -0.4 is 0 Å². The maximum Gasteiger partial charge on any atom is 0.123 e. The van der Waals surface area contributed by atoms with Crippen molar-refractivity contribution in [1.29, 1.82) is 0 Å². The lowest BCUT2D eigenvalue weighted by molar-refractivity contribution is 0.624. The molecule has 0 saturated carbocycles. The molecule has 0 radical (unpaired) electrons. The van der Waals surface area contributed by atoms with E-state index in [0.717, 1.165) is 22.3 Å². The second-order valence-corrected chi connectivity index (χ2v) is 5.02. The smallest absolute Gasteiger partial charge is 0.123 e. The third kappa shape index (κ3) is 1.88. The first-order valence-electron chi connectivity index (χ1n) is 6.34. The Morgan fingerprint density at radius 1 is 0.895 bits per heavy atom. The maximum absolute atomic E-state index is 13.4. The summed E-state index contributed by atoms with van der Waals surface area (Å²) in [4.78, 5) is 0. The number of fused-ring (bicyclic) bond motifs is 1. The van der Waals surface area contributed by atoms with Gasteiger partial charge in [0.25, 0.3) is 0 Å². The molecule has 1 atom stereocenters. The molecule has 1 aliphatic rings. The Labute approximate surface area is 111 Å². The van der Waals surface area contributed by atoms with Crippen LogP contribution in [0, 0.1) is 11.6 Å². The summed E-state index contributed by atoms with van der Waals surface area (Å²) in [5, 5.41) is 0. The summed E-state index contributed by atoms with van der Waals surface area (Å²) >= 11 is 0. The van der Waals surface area contributed by atoms with Crippen LogP contribution in [0.15, 0.2) is 48.0 Å². The van der Waals surface area contributed by atoms with Crippen LogP contribution in [-0.4, -0.2) is 0 Å². The van der Waals surface area contributed by atoms with Gasteiger partial charge in [0.05, 0.1) is 0 Å². The maximum atomic E-state index is 13.4. The quantitative estimate of drug-likeness (QED) is 0.680. The lowest BCUT2D eigenvalue weighted by atomic mass is 9.98. The van der Waals surface area contributed by atoms with Crippen LogP contribution in [0.2, 0.25) is 0 Å². The molecule has 2 aromatic rings. The average Bonchev–Trinajstić information content (AvgIpc) is 2.64. The number of benzene rings is 2. The molecule has 1 aliphatic carbocycles. The minimum Gasteiger partial charge on any atom is -0.207 e. The van der Waals surface area contributed by atoms with Crippen LogP contribution in [0.25, 0.3) is 5.57 Å². The number of hydrogen-bond acceptors (Lipinski definition) is 0. The Morgan fingerprint density at radius 2 is 1.53 bits per heavy atom.